The van der Waals surface area contributed by atoms with Gasteiger partial charge in [-0.2, -0.15) is 0 Å². The molecule has 4 nitrogen and oxygen atoms in total. The molecule has 1 unspecified atom stereocenters. The van der Waals surface area contributed by atoms with Gasteiger partial charge in [0.05, 0.1) is 11.7 Å². The normalized spacial score (nSPS) is 20.9. The highest BCUT2D eigenvalue weighted by atomic mass is 16.2. The molecule has 17 heavy (non-hydrogen) atoms. The van der Waals surface area contributed by atoms with Gasteiger partial charge in [-0.3, -0.25) is 9.59 Å². The predicted molar refractivity (Wildman–Crippen MR) is 65.6 cm³/mol. The molecule has 1 aromatic rings. The van der Waals surface area contributed by atoms with Crippen molar-refractivity contribution >= 4 is 17.5 Å². The minimum atomic E-state index is -0.561. The average molecular weight is 232 g/mol. The number of piperidine rings is 1. The van der Waals surface area contributed by atoms with Crippen molar-refractivity contribution < 1.29 is 9.59 Å². The molecule has 0 aliphatic carbocycles. The quantitative estimate of drug-likeness (QED) is 0.742. The number of carbonyl (C=O) groups excluding carboxylic acids is 2. The molecule has 2 rings (SSSR count). The molecule has 0 saturated carbocycles. The number of imide groups is 1. The number of nitrogens with two attached hydrogens (primary N) is 1. The summed E-state index contributed by atoms with van der Waals surface area (Å²) in [4.78, 5) is 24.9. The van der Waals surface area contributed by atoms with Crippen LogP contribution in [0, 0.1) is 13.8 Å². The molecule has 2 N–H and O–H groups in total. The Morgan fingerprint density at radius 2 is 1.94 bits per heavy atom. The zero-order valence-electron chi connectivity index (χ0n) is 10.1. The van der Waals surface area contributed by atoms with E-state index in [1.54, 1.807) is 6.07 Å². The molecule has 1 aliphatic heterocycles. The van der Waals surface area contributed by atoms with Crippen LogP contribution in [0.4, 0.5) is 5.69 Å². The maximum absolute atomic E-state index is 11.9. The molecule has 0 radical (unpaired) electrons. The molecule has 1 heterocycles. The molecular formula is C13H16N2O2. The van der Waals surface area contributed by atoms with Gasteiger partial charge in [0.2, 0.25) is 5.91 Å². The summed E-state index contributed by atoms with van der Waals surface area (Å²) in [5, 5.41) is 0. The summed E-state index contributed by atoms with van der Waals surface area (Å²) in [5.41, 5.74) is 8.51. The van der Waals surface area contributed by atoms with Crippen LogP contribution >= 0.6 is 0 Å². The van der Waals surface area contributed by atoms with Crippen molar-refractivity contribution in [3.63, 3.8) is 0 Å². The fraction of sp³-hybridized carbons (Fsp3) is 0.385. The smallest absolute Gasteiger partial charge is 0.250 e. The van der Waals surface area contributed by atoms with Gasteiger partial charge < -0.3 is 5.73 Å². The number of nitrogens with zero attached hydrogens (tertiary/aromatic N) is 1. The zero-order valence-corrected chi connectivity index (χ0v) is 10.1. The SMILES string of the molecule is Cc1ccc(N2C(=O)CCC(N)C2=O)cc1C. The number of benzene rings is 1. The first-order valence-corrected chi connectivity index (χ1v) is 5.70. The van der Waals surface area contributed by atoms with Crippen LogP contribution in [-0.4, -0.2) is 17.9 Å². The fourth-order valence-electron chi connectivity index (χ4n) is 1.94. The minimum Gasteiger partial charge on any atom is -0.320 e. The van der Waals surface area contributed by atoms with Crippen molar-refractivity contribution in [1.82, 2.24) is 0 Å². The summed E-state index contributed by atoms with van der Waals surface area (Å²) < 4.78 is 0. The van der Waals surface area contributed by atoms with Crippen LogP contribution in [-0.2, 0) is 9.59 Å². The second-order valence-corrected chi connectivity index (χ2v) is 4.48. The van der Waals surface area contributed by atoms with Crippen molar-refractivity contribution in [1.29, 1.82) is 0 Å². The highest BCUT2D eigenvalue weighted by Crippen LogP contribution is 2.23. The third-order valence-corrected chi connectivity index (χ3v) is 3.20. The lowest BCUT2D eigenvalue weighted by atomic mass is 10.0. The number of aryl methyl sites for hydroxylation is 2. The molecule has 0 spiro atoms. The van der Waals surface area contributed by atoms with Gasteiger partial charge in [0.1, 0.15) is 0 Å². The number of carbonyl (C=O) groups is 2. The lowest BCUT2D eigenvalue weighted by molar-refractivity contribution is -0.130. The van der Waals surface area contributed by atoms with Gasteiger partial charge in [-0.05, 0) is 43.5 Å². The first kappa shape index (κ1) is 11.8. The van der Waals surface area contributed by atoms with Gasteiger partial charge >= 0.3 is 0 Å². The van der Waals surface area contributed by atoms with E-state index < -0.39 is 6.04 Å². The van der Waals surface area contributed by atoms with E-state index in [1.165, 1.54) is 4.90 Å². The van der Waals surface area contributed by atoms with Gasteiger partial charge in [0.25, 0.3) is 5.91 Å². The molecule has 0 bridgehead atoms. The molecule has 4 heteroatoms. The number of amides is 2. The zero-order chi connectivity index (χ0) is 12.6. The monoisotopic (exact) mass is 232 g/mol. The Morgan fingerprint density at radius 1 is 1.24 bits per heavy atom. The van der Waals surface area contributed by atoms with Gasteiger partial charge in [0.15, 0.2) is 0 Å². The standard InChI is InChI=1S/C13H16N2O2/c1-8-3-4-10(7-9(8)2)15-12(16)6-5-11(14)13(15)17/h3-4,7,11H,5-6,14H2,1-2H3. The Hall–Kier alpha value is -1.68. The summed E-state index contributed by atoms with van der Waals surface area (Å²) in [6, 6.07) is 4.99. The van der Waals surface area contributed by atoms with Crippen LogP contribution in [0.5, 0.6) is 0 Å². The maximum atomic E-state index is 11.9. The van der Waals surface area contributed by atoms with Crippen LogP contribution in [0.2, 0.25) is 0 Å². The molecule has 1 saturated heterocycles. The molecule has 90 valence electrons. The van der Waals surface area contributed by atoms with E-state index in [2.05, 4.69) is 0 Å². The van der Waals surface area contributed by atoms with Crippen molar-refractivity contribution in [3.05, 3.63) is 29.3 Å². The Balaban J connectivity index is 2.39. The van der Waals surface area contributed by atoms with E-state index in [0.717, 1.165) is 11.1 Å². The third-order valence-electron chi connectivity index (χ3n) is 3.20. The Kier molecular flexibility index (Phi) is 2.98. The fourth-order valence-corrected chi connectivity index (χ4v) is 1.94. The summed E-state index contributed by atoms with van der Waals surface area (Å²) >= 11 is 0. The van der Waals surface area contributed by atoms with Gasteiger partial charge in [0, 0.05) is 6.42 Å². The molecule has 1 aromatic carbocycles. The summed E-state index contributed by atoms with van der Waals surface area (Å²) in [6.45, 7) is 3.95. The van der Waals surface area contributed by atoms with Crippen molar-refractivity contribution in [2.75, 3.05) is 4.90 Å². The Labute approximate surface area is 100 Å². The summed E-state index contributed by atoms with van der Waals surface area (Å²) in [6.07, 6.45) is 0.777. The van der Waals surface area contributed by atoms with Crippen molar-refractivity contribution in [2.45, 2.75) is 32.7 Å². The minimum absolute atomic E-state index is 0.167. The topological polar surface area (TPSA) is 63.4 Å². The third kappa shape index (κ3) is 2.08. The van der Waals surface area contributed by atoms with E-state index in [-0.39, 0.29) is 11.8 Å². The van der Waals surface area contributed by atoms with E-state index in [4.69, 9.17) is 5.73 Å². The second kappa shape index (κ2) is 4.30. The number of rotatable bonds is 1. The Bertz CT molecular complexity index is 482. The van der Waals surface area contributed by atoms with E-state index >= 15 is 0 Å². The highest BCUT2D eigenvalue weighted by molar-refractivity contribution is 6.18. The predicted octanol–water partition coefficient (Wildman–Crippen LogP) is 1.28. The summed E-state index contributed by atoms with van der Waals surface area (Å²) in [7, 11) is 0. The second-order valence-electron chi connectivity index (χ2n) is 4.48. The lowest BCUT2D eigenvalue weighted by Gasteiger charge is -2.29. The first-order valence-electron chi connectivity index (χ1n) is 5.70. The lowest BCUT2D eigenvalue weighted by Crippen LogP contribution is -2.51. The van der Waals surface area contributed by atoms with Gasteiger partial charge in [-0.15, -0.1) is 0 Å². The molecule has 1 atom stereocenters. The maximum Gasteiger partial charge on any atom is 0.250 e. The van der Waals surface area contributed by atoms with Gasteiger partial charge in [-0.25, -0.2) is 4.90 Å². The number of anilines is 1. The van der Waals surface area contributed by atoms with E-state index in [1.807, 2.05) is 26.0 Å². The molecule has 0 aromatic heterocycles. The van der Waals surface area contributed by atoms with Crippen molar-refractivity contribution in [2.24, 2.45) is 5.73 Å². The van der Waals surface area contributed by atoms with Crippen LogP contribution in [0.1, 0.15) is 24.0 Å². The van der Waals surface area contributed by atoms with Crippen LogP contribution < -0.4 is 10.6 Å². The van der Waals surface area contributed by atoms with Crippen LogP contribution in [0.3, 0.4) is 0 Å². The summed E-state index contributed by atoms with van der Waals surface area (Å²) in [5.74, 6) is -0.468. The first-order chi connectivity index (χ1) is 8.00. The molecule has 1 fully saturated rings. The number of hydrogen-bond acceptors (Lipinski definition) is 3. The molecule has 2 amide bonds. The Morgan fingerprint density at radius 3 is 2.59 bits per heavy atom. The average Bonchev–Trinajstić information content (AvgIpc) is 2.29. The van der Waals surface area contributed by atoms with Crippen LogP contribution in [0.15, 0.2) is 18.2 Å². The molecule has 1 aliphatic rings. The largest absolute Gasteiger partial charge is 0.320 e. The van der Waals surface area contributed by atoms with E-state index in [0.29, 0.717) is 18.5 Å². The molecular weight excluding hydrogens is 216 g/mol. The number of hydrogen-bond donors (Lipinski definition) is 1. The van der Waals surface area contributed by atoms with E-state index in [9.17, 15) is 9.59 Å². The van der Waals surface area contributed by atoms with Crippen molar-refractivity contribution in [3.8, 4) is 0 Å². The highest BCUT2D eigenvalue weighted by Gasteiger charge is 2.33. The van der Waals surface area contributed by atoms with Crippen LogP contribution in [0.25, 0.3) is 0 Å². The van der Waals surface area contributed by atoms with Gasteiger partial charge in [-0.1, -0.05) is 6.07 Å².